The van der Waals surface area contributed by atoms with Crippen molar-refractivity contribution in [2.24, 2.45) is 12.8 Å². The van der Waals surface area contributed by atoms with Gasteiger partial charge in [0.1, 0.15) is 5.82 Å². The first kappa shape index (κ1) is 11.5. The van der Waals surface area contributed by atoms with Crippen LogP contribution >= 0.6 is 0 Å². The van der Waals surface area contributed by atoms with Crippen LogP contribution in [0.15, 0.2) is 12.3 Å². The average molecular weight is 222 g/mol. The second-order valence-electron chi connectivity index (χ2n) is 4.97. The third-order valence-electron chi connectivity index (χ3n) is 3.49. The predicted molar refractivity (Wildman–Crippen MR) is 66.3 cm³/mol. The van der Waals surface area contributed by atoms with Crippen molar-refractivity contribution in [1.29, 1.82) is 0 Å². The summed E-state index contributed by atoms with van der Waals surface area (Å²) in [4.78, 5) is 0. The van der Waals surface area contributed by atoms with E-state index in [1.54, 1.807) is 4.68 Å². The third-order valence-corrected chi connectivity index (χ3v) is 3.49. The van der Waals surface area contributed by atoms with E-state index in [4.69, 9.17) is 5.73 Å². The highest BCUT2D eigenvalue weighted by molar-refractivity contribution is 5.31. The third kappa shape index (κ3) is 2.98. The summed E-state index contributed by atoms with van der Waals surface area (Å²) in [5, 5.41) is 7.61. The maximum atomic E-state index is 6.36. The lowest BCUT2D eigenvalue weighted by atomic mass is 9.80. The molecule has 1 aromatic rings. The zero-order chi connectivity index (χ0) is 11.4. The Morgan fingerprint density at radius 2 is 2.19 bits per heavy atom. The molecule has 4 nitrogen and oxygen atoms in total. The summed E-state index contributed by atoms with van der Waals surface area (Å²) in [5.74, 6) is 0.946. The number of aryl methyl sites for hydroxylation is 1. The van der Waals surface area contributed by atoms with Crippen LogP contribution in [0.2, 0.25) is 0 Å². The minimum atomic E-state index is 0.0695. The monoisotopic (exact) mass is 222 g/mol. The van der Waals surface area contributed by atoms with E-state index in [-0.39, 0.29) is 5.54 Å². The topological polar surface area (TPSA) is 55.9 Å². The molecule has 1 fully saturated rings. The van der Waals surface area contributed by atoms with Gasteiger partial charge in [0.05, 0.1) is 0 Å². The van der Waals surface area contributed by atoms with E-state index in [9.17, 15) is 0 Å². The van der Waals surface area contributed by atoms with E-state index in [2.05, 4.69) is 10.4 Å². The number of aromatic nitrogens is 2. The summed E-state index contributed by atoms with van der Waals surface area (Å²) in [6, 6.07) is 1.99. The van der Waals surface area contributed by atoms with Gasteiger partial charge in [0, 0.05) is 31.4 Å². The molecule has 16 heavy (non-hydrogen) atoms. The minimum absolute atomic E-state index is 0.0695. The fraction of sp³-hybridized carbons (Fsp3) is 0.750. The molecule has 1 heterocycles. The van der Waals surface area contributed by atoms with Crippen molar-refractivity contribution in [3.63, 3.8) is 0 Å². The summed E-state index contributed by atoms with van der Waals surface area (Å²) >= 11 is 0. The Bertz CT molecular complexity index is 326. The highest BCUT2D eigenvalue weighted by Crippen LogP contribution is 2.28. The Hall–Kier alpha value is -1.03. The van der Waals surface area contributed by atoms with E-state index in [0.717, 1.165) is 18.8 Å². The molecule has 0 saturated heterocycles. The van der Waals surface area contributed by atoms with Crippen LogP contribution in [0.1, 0.15) is 38.5 Å². The van der Waals surface area contributed by atoms with Crippen LogP contribution in [-0.4, -0.2) is 21.9 Å². The fourth-order valence-corrected chi connectivity index (χ4v) is 2.45. The van der Waals surface area contributed by atoms with Gasteiger partial charge in [-0.3, -0.25) is 4.68 Å². The van der Waals surface area contributed by atoms with E-state index in [1.807, 2.05) is 19.3 Å². The Labute approximate surface area is 97.2 Å². The Balaban J connectivity index is 1.74. The lowest BCUT2D eigenvalue weighted by molar-refractivity contribution is 0.284. The second kappa shape index (κ2) is 4.87. The molecular weight excluding hydrogens is 200 g/mol. The first-order valence-electron chi connectivity index (χ1n) is 6.20. The molecule has 0 aliphatic heterocycles. The van der Waals surface area contributed by atoms with Gasteiger partial charge in [-0.1, -0.05) is 19.3 Å². The summed E-state index contributed by atoms with van der Waals surface area (Å²) < 4.78 is 1.81. The minimum Gasteiger partial charge on any atom is -0.369 e. The van der Waals surface area contributed by atoms with Gasteiger partial charge >= 0.3 is 0 Å². The number of nitrogens with one attached hydrogen (secondary N) is 1. The summed E-state index contributed by atoms with van der Waals surface area (Å²) in [7, 11) is 1.93. The van der Waals surface area contributed by atoms with Crippen LogP contribution < -0.4 is 11.1 Å². The molecule has 4 heteroatoms. The largest absolute Gasteiger partial charge is 0.369 e. The number of anilines is 1. The molecule has 0 spiro atoms. The highest BCUT2D eigenvalue weighted by atomic mass is 15.3. The maximum absolute atomic E-state index is 6.36. The van der Waals surface area contributed by atoms with Gasteiger partial charge in [-0.05, 0) is 19.3 Å². The molecular formula is C12H22N4. The first-order valence-corrected chi connectivity index (χ1v) is 6.20. The number of nitrogens with zero attached hydrogens (tertiary/aromatic N) is 2. The van der Waals surface area contributed by atoms with E-state index >= 15 is 0 Å². The molecule has 90 valence electrons. The van der Waals surface area contributed by atoms with Crippen molar-refractivity contribution in [2.75, 3.05) is 11.9 Å². The van der Waals surface area contributed by atoms with Crippen LogP contribution in [0.3, 0.4) is 0 Å². The Morgan fingerprint density at radius 3 is 2.81 bits per heavy atom. The van der Waals surface area contributed by atoms with E-state index < -0.39 is 0 Å². The molecule has 0 bridgehead atoms. The van der Waals surface area contributed by atoms with Gasteiger partial charge in [-0.15, -0.1) is 0 Å². The lowest BCUT2D eigenvalue weighted by Crippen LogP contribution is -2.43. The maximum Gasteiger partial charge on any atom is 0.147 e. The van der Waals surface area contributed by atoms with Gasteiger partial charge in [0.25, 0.3) is 0 Å². The number of nitrogens with two attached hydrogens (primary N) is 1. The number of hydrogen-bond acceptors (Lipinski definition) is 3. The molecule has 2 rings (SSSR count). The SMILES string of the molecule is Cn1ccc(NCCC2(N)CCCCC2)n1. The average Bonchev–Trinajstić information content (AvgIpc) is 2.65. The van der Waals surface area contributed by atoms with Crippen molar-refractivity contribution >= 4 is 5.82 Å². The number of hydrogen-bond donors (Lipinski definition) is 2. The van der Waals surface area contributed by atoms with E-state index in [1.165, 1.54) is 32.1 Å². The van der Waals surface area contributed by atoms with Crippen LogP contribution in [0.4, 0.5) is 5.82 Å². The molecule has 0 aromatic carbocycles. The molecule has 0 unspecified atom stereocenters. The predicted octanol–water partition coefficient (Wildman–Crippen LogP) is 1.88. The van der Waals surface area contributed by atoms with Crippen LogP contribution in [0.25, 0.3) is 0 Å². The highest BCUT2D eigenvalue weighted by Gasteiger charge is 2.26. The van der Waals surface area contributed by atoms with Crippen molar-refractivity contribution in [3.05, 3.63) is 12.3 Å². The van der Waals surface area contributed by atoms with Gasteiger partial charge in [-0.2, -0.15) is 5.10 Å². The van der Waals surface area contributed by atoms with Crippen LogP contribution in [-0.2, 0) is 7.05 Å². The second-order valence-corrected chi connectivity index (χ2v) is 4.97. The summed E-state index contributed by atoms with van der Waals surface area (Å²) in [5.41, 5.74) is 6.43. The van der Waals surface area contributed by atoms with Gasteiger partial charge in [0.15, 0.2) is 0 Å². The van der Waals surface area contributed by atoms with Crippen LogP contribution in [0.5, 0.6) is 0 Å². The Kier molecular flexibility index (Phi) is 3.49. The van der Waals surface area contributed by atoms with Gasteiger partial charge < -0.3 is 11.1 Å². The molecule has 1 aliphatic carbocycles. The van der Waals surface area contributed by atoms with Crippen molar-refractivity contribution < 1.29 is 0 Å². The molecule has 1 saturated carbocycles. The van der Waals surface area contributed by atoms with Crippen molar-refractivity contribution in [1.82, 2.24) is 9.78 Å². The normalized spacial score (nSPS) is 19.6. The van der Waals surface area contributed by atoms with Crippen molar-refractivity contribution in [3.8, 4) is 0 Å². The lowest BCUT2D eigenvalue weighted by Gasteiger charge is -2.33. The number of rotatable bonds is 4. The van der Waals surface area contributed by atoms with Gasteiger partial charge in [0.2, 0.25) is 0 Å². The zero-order valence-electron chi connectivity index (χ0n) is 10.1. The quantitative estimate of drug-likeness (QED) is 0.818. The first-order chi connectivity index (χ1) is 7.68. The molecule has 3 N–H and O–H groups in total. The molecule has 0 radical (unpaired) electrons. The molecule has 0 atom stereocenters. The van der Waals surface area contributed by atoms with Gasteiger partial charge in [-0.25, -0.2) is 0 Å². The zero-order valence-corrected chi connectivity index (χ0v) is 10.1. The standard InChI is InChI=1S/C12H22N4/c1-16-10-5-11(15-16)14-9-8-12(13)6-3-2-4-7-12/h5,10H,2-4,6-9,13H2,1H3,(H,14,15). The fourth-order valence-electron chi connectivity index (χ4n) is 2.45. The Morgan fingerprint density at radius 1 is 1.44 bits per heavy atom. The summed E-state index contributed by atoms with van der Waals surface area (Å²) in [6.45, 7) is 0.924. The van der Waals surface area contributed by atoms with Crippen LogP contribution in [0, 0.1) is 0 Å². The molecule has 0 amide bonds. The van der Waals surface area contributed by atoms with E-state index in [0.29, 0.717) is 0 Å². The molecule has 1 aromatic heterocycles. The van der Waals surface area contributed by atoms with Crippen molar-refractivity contribution in [2.45, 2.75) is 44.1 Å². The smallest absolute Gasteiger partial charge is 0.147 e. The summed E-state index contributed by atoms with van der Waals surface area (Å²) in [6.07, 6.45) is 9.28. The molecule has 1 aliphatic rings.